The number of benzene rings is 3. The molecule has 1 N–H and O–H groups in total. The number of carbonyl (C=O) groups excluding carboxylic acids is 1. The van der Waals surface area contributed by atoms with E-state index in [0.717, 1.165) is 11.1 Å². The molecule has 1 aliphatic heterocycles. The second kappa shape index (κ2) is 9.36. The molecule has 0 fully saturated rings. The van der Waals surface area contributed by atoms with Crippen molar-refractivity contribution in [1.82, 2.24) is 4.90 Å². The van der Waals surface area contributed by atoms with E-state index in [2.05, 4.69) is 0 Å². The van der Waals surface area contributed by atoms with Gasteiger partial charge in [0.05, 0.1) is 20.3 Å². The number of halogens is 1. The predicted octanol–water partition coefficient (Wildman–Crippen LogP) is 5.25. The minimum atomic E-state index is -0.735. The Bertz CT molecular complexity index is 1200. The summed E-state index contributed by atoms with van der Waals surface area (Å²) < 4.78 is 25.6. The fraction of sp³-hybridized carbons (Fsp3) is 0.222. The van der Waals surface area contributed by atoms with Crippen LogP contribution in [0, 0.1) is 12.7 Å². The van der Waals surface area contributed by atoms with Crippen LogP contribution >= 0.6 is 0 Å². The molecule has 33 heavy (non-hydrogen) atoms. The average molecular weight is 448 g/mol. The van der Waals surface area contributed by atoms with E-state index in [0.29, 0.717) is 34.6 Å². The average Bonchev–Trinajstić information content (AvgIpc) is 3.08. The van der Waals surface area contributed by atoms with E-state index in [-0.39, 0.29) is 12.3 Å². The SMILES string of the molecule is COc1ccc(CCN2C(=O)C(O)=C(c3ccc(C)cc3)C2c2ccccc2F)cc1OC. The number of aryl methyl sites for hydroxylation is 1. The number of aliphatic hydroxyl groups excluding tert-OH is 1. The lowest BCUT2D eigenvalue weighted by atomic mass is 9.92. The summed E-state index contributed by atoms with van der Waals surface area (Å²) in [6, 6.07) is 18.7. The van der Waals surface area contributed by atoms with Gasteiger partial charge in [-0.1, -0.05) is 54.1 Å². The Morgan fingerprint density at radius 2 is 1.67 bits per heavy atom. The van der Waals surface area contributed by atoms with Crippen LogP contribution in [0.15, 0.2) is 72.5 Å². The molecule has 0 saturated carbocycles. The molecule has 0 aromatic heterocycles. The van der Waals surface area contributed by atoms with Gasteiger partial charge in [-0.15, -0.1) is 0 Å². The summed E-state index contributed by atoms with van der Waals surface area (Å²) in [5, 5.41) is 10.9. The Kier molecular flexibility index (Phi) is 6.36. The molecule has 1 aliphatic rings. The van der Waals surface area contributed by atoms with Gasteiger partial charge in [-0.3, -0.25) is 4.79 Å². The van der Waals surface area contributed by atoms with E-state index in [1.165, 1.54) is 11.0 Å². The van der Waals surface area contributed by atoms with Crippen LogP contribution in [0.5, 0.6) is 11.5 Å². The highest BCUT2D eigenvalue weighted by atomic mass is 19.1. The first kappa shape index (κ1) is 22.4. The van der Waals surface area contributed by atoms with Crippen LogP contribution in [0.2, 0.25) is 0 Å². The molecule has 0 radical (unpaired) electrons. The molecule has 3 aromatic carbocycles. The van der Waals surface area contributed by atoms with Gasteiger partial charge in [-0.25, -0.2) is 4.39 Å². The largest absolute Gasteiger partial charge is 0.503 e. The Labute approximate surface area is 192 Å². The number of aliphatic hydroxyl groups is 1. The zero-order valence-corrected chi connectivity index (χ0v) is 18.8. The van der Waals surface area contributed by atoms with E-state index in [9.17, 15) is 14.3 Å². The predicted molar refractivity (Wildman–Crippen MR) is 125 cm³/mol. The molecule has 170 valence electrons. The quantitative estimate of drug-likeness (QED) is 0.538. The van der Waals surface area contributed by atoms with Gasteiger partial charge in [-0.05, 0) is 42.7 Å². The zero-order chi connectivity index (χ0) is 23.5. The summed E-state index contributed by atoms with van der Waals surface area (Å²) in [6.07, 6.45) is 0.492. The summed E-state index contributed by atoms with van der Waals surface area (Å²) in [6.45, 7) is 2.24. The van der Waals surface area contributed by atoms with Crippen LogP contribution in [-0.4, -0.2) is 36.7 Å². The zero-order valence-electron chi connectivity index (χ0n) is 18.8. The molecular formula is C27H26FNO4. The van der Waals surface area contributed by atoms with Crippen LogP contribution in [0.25, 0.3) is 5.57 Å². The first-order chi connectivity index (χ1) is 15.9. The standard InChI is InChI=1S/C27H26FNO4/c1-17-8-11-19(12-9-17)24-25(20-6-4-5-7-21(20)28)29(27(31)26(24)30)15-14-18-10-13-22(32-2)23(16-18)33-3/h4-13,16,25,30H,14-15H2,1-3H3. The number of rotatable bonds is 7. The van der Waals surface area contributed by atoms with E-state index < -0.39 is 17.8 Å². The molecule has 0 saturated heterocycles. The van der Waals surface area contributed by atoms with Gasteiger partial charge in [0.25, 0.3) is 5.91 Å². The van der Waals surface area contributed by atoms with Crippen molar-refractivity contribution in [1.29, 1.82) is 0 Å². The van der Waals surface area contributed by atoms with Crippen molar-refractivity contribution in [2.75, 3.05) is 20.8 Å². The lowest BCUT2D eigenvalue weighted by Gasteiger charge is -2.28. The van der Waals surface area contributed by atoms with Crippen LogP contribution in [0.4, 0.5) is 4.39 Å². The molecule has 0 bridgehead atoms. The minimum absolute atomic E-state index is 0.284. The maximum absolute atomic E-state index is 14.9. The van der Waals surface area contributed by atoms with Crippen molar-refractivity contribution in [2.24, 2.45) is 0 Å². The number of hydrogen-bond donors (Lipinski definition) is 1. The Morgan fingerprint density at radius 1 is 0.970 bits per heavy atom. The summed E-state index contributed by atoms with van der Waals surface area (Å²) in [4.78, 5) is 14.7. The lowest BCUT2D eigenvalue weighted by Crippen LogP contribution is -2.32. The molecular weight excluding hydrogens is 421 g/mol. The molecule has 4 rings (SSSR count). The van der Waals surface area contributed by atoms with Gasteiger partial charge in [0.15, 0.2) is 17.3 Å². The first-order valence-corrected chi connectivity index (χ1v) is 10.7. The van der Waals surface area contributed by atoms with Crippen molar-refractivity contribution in [2.45, 2.75) is 19.4 Å². The van der Waals surface area contributed by atoms with Crippen molar-refractivity contribution in [3.05, 3.63) is 101 Å². The molecule has 1 atom stereocenters. The number of hydrogen-bond acceptors (Lipinski definition) is 4. The van der Waals surface area contributed by atoms with Crippen molar-refractivity contribution in [3.8, 4) is 11.5 Å². The first-order valence-electron chi connectivity index (χ1n) is 10.7. The minimum Gasteiger partial charge on any atom is -0.503 e. The van der Waals surface area contributed by atoms with Gasteiger partial charge in [0.2, 0.25) is 0 Å². The molecule has 1 unspecified atom stereocenters. The van der Waals surface area contributed by atoms with Crippen LogP contribution in [0.3, 0.4) is 0 Å². The molecule has 1 heterocycles. The third-order valence-corrected chi connectivity index (χ3v) is 5.96. The summed E-state index contributed by atoms with van der Waals surface area (Å²) in [5.74, 6) is -0.0807. The van der Waals surface area contributed by atoms with Crippen LogP contribution < -0.4 is 9.47 Å². The van der Waals surface area contributed by atoms with Crippen molar-refractivity contribution in [3.63, 3.8) is 0 Å². The van der Waals surface area contributed by atoms with Gasteiger partial charge in [-0.2, -0.15) is 0 Å². The molecule has 0 aliphatic carbocycles. The monoisotopic (exact) mass is 447 g/mol. The van der Waals surface area contributed by atoms with Gasteiger partial charge in [0.1, 0.15) is 5.82 Å². The third-order valence-electron chi connectivity index (χ3n) is 5.96. The van der Waals surface area contributed by atoms with Gasteiger partial charge in [0, 0.05) is 17.7 Å². The number of methoxy groups -OCH3 is 2. The summed E-state index contributed by atoms with van der Waals surface area (Å²) in [5.41, 5.74) is 3.43. The second-order valence-corrected chi connectivity index (χ2v) is 7.99. The third kappa shape index (κ3) is 4.29. The van der Waals surface area contributed by atoms with Gasteiger partial charge < -0.3 is 19.5 Å². The molecule has 6 heteroatoms. The maximum Gasteiger partial charge on any atom is 0.289 e. The molecule has 5 nitrogen and oxygen atoms in total. The fourth-order valence-corrected chi connectivity index (χ4v) is 4.22. The Morgan fingerprint density at radius 3 is 2.33 bits per heavy atom. The second-order valence-electron chi connectivity index (χ2n) is 7.99. The highest BCUT2D eigenvalue weighted by Gasteiger charge is 2.41. The smallest absolute Gasteiger partial charge is 0.289 e. The number of ether oxygens (including phenoxy) is 2. The normalized spacial score (nSPS) is 15.8. The topological polar surface area (TPSA) is 59.0 Å². The maximum atomic E-state index is 14.9. The van der Waals surface area contributed by atoms with Gasteiger partial charge >= 0.3 is 0 Å². The van der Waals surface area contributed by atoms with E-state index >= 15 is 0 Å². The highest BCUT2D eigenvalue weighted by Crippen LogP contribution is 2.43. The summed E-state index contributed by atoms with van der Waals surface area (Å²) in [7, 11) is 3.14. The van der Waals surface area contributed by atoms with Crippen LogP contribution in [0.1, 0.15) is 28.3 Å². The number of carbonyl (C=O) groups is 1. The number of nitrogens with zero attached hydrogens (tertiary/aromatic N) is 1. The fourth-order valence-electron chi connectivity index (χ4n) is 4.22. The highest BCUT2D eigenvalue weighted by molar-refractivity contribution is 6.05. The van der Waals surface area contributed by atoms with Crippen LogP contribution in [-0.2, 0) is 11.2 Å². The molecule has 1 amide bonds. The Hall–Kier alpha value is -3.80. The van der Waals surface area contributed by atoms with E-state index in [1.54, 1.807) is 32.4 Å². The van der Waals surface area contributed by atoms with E-state index in [4.69, 9.17) is 9.47 Å². The molecule has 3 aromatic rings. The lowest BCUT2D eigenvalue weighted by molar-refractivity contribution is -0.129. The van der Waals surface area contributed by atoms with E-state index in [1.807, 2.05) is 49.4 Å². The van der Waals surface area contributed by atoms with Crippen molar-refractivity contribution < 1.29 is 23.8 Å². The molecule has 0 spiro atoms. The number of amides is 1. The summed E-state index contributed by atoms with van der Waals surface area (Å²) >= 11 is 0. The van der Waals surface area contributed by atoms with Crippen molar-refractivity contribution >= 4 is 11.5 Å². The Balaban J connectivity index is 1.70.